The highest BCUT2D eigenvalue weighted by molar-refractivity contribution is 7.13. The van der Waals surface area contributed by atoms with E-state index in [1.54, 1.807) is 10.9 Å². The smallest absolute Gasteiger partial charge is 0.266 e. The van der Waals surface area contributed by atoms with Crippen LogP contribution < -0.4 is 5.32 Å². The summed E-state index contributed by atoms with van der Waals surface area (Å²) in [4.78, 5) is 34.1. The molecule has 2 aliphatic rings. The van der Waals surface area contributed by atoms with Crippen molar-refractivity contribution in [3.8, 4) is 0 Å². The molecule has 2 unspecified atom stereocenters. The highest BCUT2D eigenvalue weighted by Gasteiger charge is 2.59. The number of anilines is 1. The summed E-state index contributed by atoms with van der Waals surface area (Å²) in [6.07, 6.45) is 5.04. The molecule has 154 valence electrons. The number of hydrogen-bond acceptors (Lipinski definition) is 5. The van der Waals surface area contributed by atoms with Crippen LogP contribution in [0.4, 0.5) is 5.69 Å². The van der Waals surface area contributed by atoms with Crippen molar-refractivity contribution in [2.24, 2.45) is 7.05 Å². The molecule has 0 bridgehead atoms. The van der Waals surface area contributed by atoms with Crippen molar-refractivity contribution >= 4 is 28.8 Å². The maximum absolute atomic E-state index is 13.7. The topological polar surface area (TPSA) is 80.1 Å². The van der Waals surface area contributed by atoms with Crippen molar-refractivity contribution in [1.82, 2.24) is 19.7 Å². The summed E-state index contributed by atoms with van der Waals surface area (Å²) in [6, 6.07) is 7.37. The lowest BCUT2D eigenvalue weighted by Crippen LogP contribution is -2.42. The number of fused-ring (bicyclic) bond motifs is 2. The summed E-state index contributed by atoms with van der Waals surface area (Å²) in [5.74, 6) is -0.115. The average molecular weight is 422 g/mol. The van der Waals surface area contributed by atoms with E-state index in [2.05, 4.69) is 15.4 Å². The van der Waals surface area contributed by atoms with Gasteiger partial charge in [-0.05, 0) is 31.4 Å². The molecule has 1 aromatic carbocycles. The number of aryl methyl sites for hydroxylation is 3. The number of likely N-dealkylation sites (tertiary alicyclic amines) is 1. The Hall–Kier alpha value is -3.00. The molecule has 0 saturated carbocycles. The first-order chi connectivity index (χ1) is 14.5. The van der Waals surface area contributed by atoms with Crippen molar-refractivity contribution in [2.75, 3.05) is 11.9 Å². The maximum Gasteiger partial charge on any atom is 0.266 e. The Labute approximate surface area is 178 Å². The Kier molecular flexibility index (Phi) is 4.28. The molecule has 2 aliphatic heterocycles. The summed E-state index contributed by atoms with van der Waals surface area (Å²) in [5, 5.41) is 8.33. The lowest BCUT2D eigenvalue weighted by molar-refractivity contribution is -0.121. The third-order valence-electron chi connectivity index (χ3n) is 6.23. The predicted octanol–water partition coefficient (Wildman–Crippen LogP) is 3.22. The van der Waals surface area contributed by atoms with E-state index in [1.807, 2.05) is 56.3 Å². The minimum Gasteiger partial charge on any atom is -0.329 e. The van der Waals surface area contributed by atoms with Gasteiger partial charge in [-0.25, -0.2) is 4.98 Å². The monoisotopic (exact) mass is 421 g/mol. The number of thiazole rings is 1. The van der Waals surface area contributed by atoms with Gasteiger partial charge in [0.1, 0.15) is 10.3 Å². The van der Waals surface area contributed by atoms with Crippen LogP contribution in [0, 0.1) is 6.92 Å². The normalized spacial score (nSPS) is 22.6. The van der Waals surface area contributed by atoms with Gasteiger partial charge in [0.2, 0.25) is 5.91 Å². The largest absolute Gasteiger partial charge is 0.329 e. The molecule has 1 fully saturated rings. The maximum atomic E-state index is 13.7. The Morgan fingerprint density at radius 1 is 1.37 bits per heavy atom. The highest BCUT2D eigenvalue weighted by atomic mass is 32.1. The fourth-order valence-corrected chi connectivity index (χ4v) is 5.84. The molecule has 8 heteroatoms. The van der Waals surface area contributed by atoms with Crippen LogP contribution in [0.1, 0.15) is 50.9 Å². The van der Waals surface area contributed by atoms with Crippen molar-refractivity contribution in [1.29, 1.82) is 0 Å². The third-order valence-corrected chi connectivity index (χ3v) is 7.52. The number of carbonyl (C=O) groups excluding carboxylic acids is 2. The van der Waals surface area contributed by atoms with E-state index >= 15 is 0 Å². The Morgan fingerprint density at radius 2 is 2.17 bits per heavy atom. The number of hydrogen-bond donors (Lipinski definition) is 1. The molecule has 1 saturated heterocycles. The van der Waals surface area contributed by atoms with Crippen LogP contribution in [0.25, 0.3) is 0 Å². The molecule has 3 aromatic rings. The molecular formula is C22H23N5O2S. The molecule has 7 nitrogen and oxygen atoms in total. The van der Waals surface area contributed by atoms with Crippen molar-refractivity contribution in [2.45, 2.75) is 38.1 Å². The fourth-order valence-electron chi connectivity index (χ4n) is 4.88. The summed E-state index contributed by atoms with van der Waals surface area (Å²) in [5.41, 5.74) is 2.58. The molecule has 2 atom stereocenters. The first-order valence-electron chi connectivity index (χ1n) is 10.1. The number of carbonyl (C=O) groups is 2. The van der Waals surface area contributed by atoms with Gasteiger partial charge in [0, 0.05) is 31.0 Å². The molecule has 1 spiro atoms. The molecular weight excluding hydrogens is 398 g/mol. The third kappa shape index (κ3) is 2.56. The molecule has 4 heterocycles. The highest BCUT2D eigenvalue weighted by Crippen LogP contribution is 2.55. The van der Waals surface area contributed by atoms with Gasteiger partial charge in [-0.15, -0.1) is 11.3 Å². The van der Waals surface area contributed by atoms with Gasteiger partial charge in [0.15, 0.2) is 0 Å². The lowest BCUT2D eigenvalue weighted by atomic mass is 9.73. The van der Waals surface area contributed by atoms with Crippen LogP contribution in [0.3, 0.4) is 0 Å². The standard InChI is InChI=1S/C22H23N5O2S/c1-4-17-24-13(2)18(30-17)20(28)27-10-9-22(19(27)14-11-23-26(3)12-14)15-7-5-6-8-16(15)25-21(22)29/h5-8,11-12,19H,4,9-10H2,1-3H3,(H,25,29). The Balaban J connectivity index is 1.65. The van der Waals surface area contributed by atoms with E-state index in [-0.39, 0.29) is 11.8 Å². The summed E-state index contributed by atoms with van der Waals surface area (Å²) < 4.78 is 1.72. The van der Waals surface area contributed by atoms with Gasteiger partial charge in [-0.1, -0.05) is 25.1 Å². The second kappa shape index (κ2) is 6.77. The van der Waals surface area contributed by atoms with Crippen LogP contribution in [-0.2, 0) is 23.7 Å². The van der Waals surface area contributed by atoms with Gasteiger partial charge in [0.25, 0.3) is 5.91 Å². The second-order valence-electron chi connectivity index (χ2n) is 7.95. The molecule has 2 amide bonds. The summed E-state index contributed by atoms with van der Waals surface area (Å²) in [6.45, 7) is 4.42. The van der Waals surface area contributed by atoms with Crippen molar-refractivity contribution in [3.63, 3.8) is 0 Å². The van der Waals surface area contributed by atoms with Gasteiger partial charge < -0.3 is 10.2 Å². The molecule has 2 aromatic heterocycles. The van der Waals surface area contributed by atoms with Crippen molar-refractivity contribution < 1.29 is 9.59 Å². The quantitative estimate of drug-likeness (QED) is 0.704. The first-order valence-corrected chi connectivity index (χ1v) is 10.9. The van der Waals surface area contributed by atoms with Crippen LogP contribution in [0.15, 0.2) is 36.7 Å². The van der Waals surface area contributed by atoms with E-state index in [1.165, 1.54) is 11.3 Å². The summed E-state index contributed by atoms with van der Waals surface area (Å²) >= 11 is 1.45. The zero-order chi connectivity index (χ0) is 21.0. The second-order valence-corrected chi connectivity index (χ2v) is 9.03. The van der Waals surface area contributed by atoms with Gasteiger partial charge >= 0.3 is 0 Å². The van der Waals surface area contributed by atoms with Gasteiger partial charge in [-0.2, -0.15) is 5.10 Å². The van der Waals surface area contributed by atoms with Gasteiger partial charge in [0.05, 0.1) is 22.9 Å². The minimum absolute atomic E-state index is 0.0527. The van der Waals surface area contributed by atoms with E-state index < -0.39 is 11.5 Å². The summed E-state index contributed by atoms with van der Waals surface area (Å²) in [7, 11) is 1.85. The molecule has 30 heavy (non-hydrogen) atoms. The average Bonchev–Trinajstić information content (AvgIpc) is 3.48. The van der Waals surface area contributed by atoms with Crippen LogP contribution >= 0.6 is 11.3 Å². The first kappa shape index (κ1) is 19.0. The van der Waals surface area contributed by atoms with E-state index in [9.17, 15) is 9.59 Å². The van der Waals surface area contributed by atoms with Crippen LogP contribution in [0.5, 0.6) is 0 Å². The van der Waals surface area contributed by atoms with E-state index in [0.717, 1.165) is 33.9 Å². The Bertz CT molecular complexity index is 1170. The number of aromatic nitrogens is 3. The van der Waals surface area contributed by atoms with Crippen LogP contribution in [-0.4, -0.2) is 38.0 Å². The fraction of sp³-hybridized carbons (Fsp3) is 0.364. The molecule has 0 aliphatic carbocycles. The number of amides is 2. The minimum atomic E-state index is -0.818. The van der Waals surface area contributed by atoms with Crippen LogP contribution in [0.2, 0.25) is 0 Å². The van der Waals surface area contributed by atoms with Crippen molar-refractivity contribution in [3.05, 3.63) is 63.4 Å². The van der Waals surface area contributed by atoms with E-state index in [0.29, 0.717) is 17.8 Å². The number of nitrogens with zero attached hydrogens (tertiary/aromatic N) is 4. The van der Waals surface area contributed by atoms with E-state index in [4.69, 9.17) is 0 Å². The number of para-hydroxylation sites is 1. The van der Waals surface area contributed by atoms with Gasteiger partial charge in [-0.3, -0.25) is 14.3 Å². The molecule has 1 N–H and O–H groups in total. The zero-order valence-corrected chi connectivity index (χ0v) is 18.0. The number of nitrogens with one attached hydrogen (secondary N) is 1. The number of benzene rings is 1. The predicted molar refractivity (Wildman–Crippen MR) is 115 cm³/mol. The molecule has 5 rings (SSSR count). The Morgan fingerprint density at radius 3 is 2.87 bits per heavy atom. The number of rotatable bonds is 3. The zero-order valence-electron chi connectivity index (χ0n) is 17.2. The molecule has 0 radical (unpaired) electrons. The lowest BCUT2D eigenvalue weighted by Gasteiger charge is -2.33. The SMILES string of the molecule is CCc1nc(C)c(C(=O)N2CCC3(C(=O)Nc4ccccc43)C2c2cnn(C)c2)s1.